The molecule has 0 aromatic carbocycles. The lowest BCUT2D eigenvalue weighted by Crippen LogP contribution is -2.26. The molecule has 3 heteroatoms. The molecule has 3 rings (SSSR count). The minimum Gasteiger partial charge on any atom is -0.381 e. The highest BCUT2D eigenvalue weighted by Crippen LogP contribution is 2.45. The summed E-state index contributed by atoms with van der Waals surface area (Å²) in [4.78, 5) is 11.7. The summed E-state index contributed by atoms with van der Waals surface area (Å²) in [5.74, 6) is 1.76. The van der Waals surface area contributed by atoms with Crippen molar-refractivity contribution in [3.63, 3.8) is 0 Å². The zero-order chi connectivity index (χ0) is 12.5. The van der Waals surface area contributed by atoms with Crippen LogP contribution in [0.5, 0.6) is 0 Å². The number of aryl methyl sites for hydroxylation is 1. The van der Waals surface area contributed by atoms with Gasteiger partial charge in [0.25, 0.3) is 5.56 Å². The summed E-state index contributed by atoms with van der Waals surface area (Å²) in [6, 6.07) is 4.28. The molecule has 18 heavy (non-hydrogen) atoms. The van der Waals surface area contributed by atoms with E-state index in [1.54, 1.807) is 6.07 Å². The number of anilines is 1. The van der Waals surface area contributed by atoms with Crippen LogP contribution in [0, 0.1) is 11.8 Å². The summed E-state index contributed by atoms with van der Waals surface area (Å²) in [6.07, 6.45) is 8.50. The van der Waals surface area contributed by atoms with Gasteiger partial charge in [0.1, 0.15) is 0 Å². The van der Waals surface area contributed by atoms with Gasteiger partial charge in [-0.25, -0.2) is 0 Å². The first-order chi connectivity index (χ1) is 8.78. The molecule has 2 saturated carbocycles. The molecule has 2 fully saturated rings. The molecule has 2 aliphatic carbocycles. The summed E-state index contributed by atoms with van der Waals surface area (Å²) in [6.45, 7) is 2.91. The smallest absolute Gasteiger partial charge is 0.250 e. The van der Waals surface area contributed by atoms with Crippen molar-refractivity contribution >= 4 is 5.69 Å². The molecule has 0 bridgehead atoms. The van der Waals surface area contributed by atoms with Crippen molar-refractivity contribution in [3.05, 3.63) is 28.7 Å². The molecule has 0 spiro atoms. The Balaban J connectivity index is 1.74. The summed E-state index contributed by atoms with van der Waals surface area (Å²) in [5.41, 5.74) is 1.23. The largest absolute Gasteiger partial charge is 0.381 e. The lowest BCUT2D eigenvalue weighted by Gasteiger charge is -2.19. The van der Waals surface area contributed by atoms with Gasteiger partial charge in [0.05, 0.1) is 5.69 Å². The van der Waals surface area contributed by atoms with Crippen LogP contribution in [0.1, 0.15) is 39.0 Å². The van der Waals surface area contributed by atoms with Gasteiger partial charge in [-0.2, -0.15) is 0 Å². The predicted octanol–water partition coefficient (Wildman–Crippen LogP) is 2.86. The molecule has 1 aromatic rings. The maximum absolute atomic E-state index is 11.7. The molecule has 0 atom stereocenters. The highest BCUT2D eigenvalue weighted by Gasteiger charge is 2.41. The van der Waals surface area contributed by atoms with Crippen molar-refractivity contribution in [1.29, 1.82) is 0 Å². The van der Waals surface area contributed by atoms with E-state index < -0.39 is 0 Å². The monoisotopic (exact) mass is 246 g/mol. The van der Waals surface area contributed by atoms with Gasteiger partial charge in [0, 0.05) is 24.8 Å². The van der Waals surface area contributed by atoms with Gasteiger partial charge in [-0.05, 0) is 50.0 Å². The fourth-order valence-electron chi connectivity index (χ4n) is 2.76. The minimum absolute atomic E-state index is 0.108. The SMILES string of the molecule is CCCn1cc(NC(C2CC2)C2CC2)ccc1=O. The van der Waals surface area contributed by atoms with Crippen LogP contribution in [0.4, 0.5) is 5.69 Å². The number of rotatable bonds is 6. The van der Waals surface area contributed by atoms with E-state index in [0.29, 0.717) is 6.04 Å². The van der Waals surface area contributed by atoms with Crippen molar-refractivity contribution in [2.24, 2.45) is 11.8 Å². The third kappa shape index (κ3) is 2.60. The second-order valence-corrected chi connectivity index (χ2v) is 5.79. The predicted molar refractivity (Wildman–Crippen MR) is 73.9 cm³/mol. The van der Waals surface area contributed by atoms with Crippen LogP contribution < -0.4 is 10.9 Å². The molecule has 2 aliphatic rings. The second-order valence-electron chi connectivity index (χ2n) is 5.79. The Morgan fingerprint density at radius 2 is 1.94 bits per heavy atom. The number of hydrogen-bond acceptors (Lipinski definition) is 2. The average molecular weight is 246 g/mol. The summed E-state index contributed by atoms with van der Waals surface area (Å²) < 4.78 is 1.82. The Kier molecular flexibility index (Phi) is 3.14. The normalized spacial score (nSPS) is 19.2. The first kappa shape index (κ1) is 11.8. The van der Waals surface area contributed by atoms with Crippen LogP contribution in [0.3, 0.4) is 0 Å². The standard InChI is InChI=1S/C15H22N2O/c1-2-9-17-10-13(7-8-14(17)18)16-15(11-3-4-11)12-5-6-12/h7-8,10-12,15-16H,2-6,9H2,1H3. The third-order valence-electron chi connectivity index (χ3n) is 4.04. The Morgan fingerprint density at radius 3 is 2.50 bits per heavy atom. The zero-order valence-corrected chi connectivity index (χ0v) is 11.1. The molecular formula is C15H22N2O. The number of nitrogens with one attached hydrogen (secondary N) is 1. The lowest BCUT2D eigenvalue weighted by molar-refractivity contribution is 0.565. The molecule has 0 amide bonds. The van der Waals surface area contributed by atoms with Crippen LogP contribution in [0.25, 0.3) is 0 Å². The van der Waals surface area contributed by atoms with Crippen molar-refractivity contribution < 1.29 is 0 Å². The molecule has 1 heterocycles. The quantitative estimate of drug-likeness (QED) is 0.837. The zero-order valence-electron chi connectivity index (χ0n) is 11.1. The second kappa shape index (κ2) is 4.79. The third-order valence-corrected chi connectivity index (χ3v) is 4.04. The Hall–Kier alpha value is -1.25. The molecule has 0 radical (unpaired) electrons. The van der Waals surface area contributed by atoms with Crippen LogP contribution in [0.15, 0.2) is 23.1 Å². The van der Waals surface area contributed by atoms with Crippen molar-refractivity contribution in [3.8, 4) is 0 Å². The van der Waals surface area contributed by atoms with Crippen LogP contribution in [0.2, 0.25) is 0 Å². The van der Waals surface area contributed by atoms with Gasteiger partial charge in [0.15, 0.2) is 0 Å². The van der Waals surface area contributed by atoms with Gasteiger partial charge < -0.3 is 9.88 Å². The van der Waals surface area contributed by atoms with Gasteiger partial charge in [0.2, 0.25) is 0 Å². The lowest BCUT2D eigenvalue weighted by atomic mass is 10.1. The Bertz CT molecular complexity index is 460. The molecule has 1 aromatic heterocycles. The number of aromatic nitrogens is 1. The van der Waals surface area contributed by atoms with Gasteiger partial charge >= 0.3 is 0 Å². The van der Waals surface area contributed by atoms with Gasteiger partial charge in [-0.1, -0.05) is 6.92 Å². The van der Waals surface area contributed by atoms with Crippen LogP contribution in [-0.4, -0.2) is 10.6 Å². The van der Waals surface area contributed by atoms with E-state index in [0.717, 1.165) is 30.5 Å². The van der Waals surface area contributed by atoms with Crippen molar-refractivity contribution in [2.45, 2.75) is 51.6 Å². The highest BCUT2D eigenvalue weighted by molar-refractivity contribution is 5.42. The van der Waals surface area contributed by atoms with Crippen LogP contribution >= 0.6 is 0 Å². The fraction of sp³-hybridized carbons (Fsp3) is 0.667. The summed E-state index contributed by atoms with van der Waals surface area (Å²) in [7, 11) is 0. The fourth-order valence-corrected chi connectivity index (χ4v) is 2.76. The van der Waals surface area contributed by atoms with E-state index in [4.69, 9.17) is 0 Å². The van der Waals surface area contributed by atoms with E-state index in [-0.39, 0.29) is 5.56 Å². The summed E-state index contributed by atoms with van der Waals surface area (Å²) in [5, 5.41) is 3.67. The average Bonchev–Trinajstić information content (AvgIpc) is 3.24. The molecule has 98 valence electrons. The number of pyridine rings is 1. The highest BCUT2D eigenvalue weighted by atomic mass is 16.1. The van der Waals surface area contributed by atoms with E-state index in [1.807, 2.05) is 16.8 Å². The molecule has 3 nitrogen and oxygen atoms in total. The van der Waals surface area contributed by atoms with E-state index >= 15 is 0 Å². The minimum atomic E-state index is 0.108. The maximum atomic E-state index is 11.7. The Morgan fingerprint density at radius 1 is 1.28 bits per heavy atom. The van der Waals surface area contributed by atoms with E-state index in [2.05, 4.69) is 12.2 Å². The Labute approximate surface area is 108 Å². The molecule has 0 saturated heterocycles. The first-order valence-electron chi connectivity index (χ1n) is 7.25. The number of nitrogens with zero attached hydrogens (tertiary/aromatic N) is 1. The topological polar surface area (TPSA) is 34.0 Å². The molecule has 0 aliphatic heterocycles. The molecular weight excluding hydrogens is 224 g/mol. The van der Waals surface area contributed by atoms with Crippen molar-refractivity contribution in [2.75, 3.05) is 5.32 Å². The maximum Gasteiger partial charge on any atom is 0.250 e. The molecule has 1 N–H and O–H groups in total. The summed E-state index contributed by atoms with van der Waals surface area (Å²) >= 11 is 0. The van der Waals surface area contributed by atoms with E-state index in [9.17, 15) is 4.79 Å². The van der Waals surface area contributed by atoms with Crippen LogP contribution in [-0.2, 0) is 6.54 Å². The number of hydrogen-bond donors (Lipinski definition) is 1. The van der Waals surface area contributed by atoms with Gasteiger partial charge in [-0.3, -0.25) is 4.79 Å². The van der Waals surface area contributed by atoms with E-state index in [1.165, 1.54) is 25.7 Å². The first-order valence-corrected chi connectivity index (χ1v) is 7.25. The van der Waals surface area contributed by atoms with Gasteiger partial charge in [-0.15, -0.1) is 0 Å². The molecule has 0 unspecified atom stereocenters. The van der Waals surface area contributed by atoms with Crippen molar-refractivity contribution in [1.82, 2.24) is 4.57 Å².